The van der Waals surface area contributed by atoms with Crippen LogP contribution >= 0.6 is 0 Å². The number of aromatic nitrogens is 2. The molecule has 1 N–H and O–H groups in total. The number of nitrogens with one attached hydrogen (secondary N) is 1. The molecule has 0 bridgehead atoms. The molecule has 0 radical (unpaired) electrons. The van der Waals surface area contributed by atoms with Crippen LogP contribution in [-0.4, -0.2) is 30.2 Å². The van der Waals surface area contributed by atoms with Crippen LogP contribution in [0.2, 0.25) is 0 Å². The first kappa shape index (κ1) is 13.7. The highest BCUT2D eigenvalue weighted by atomic mass is 16.5. The minimum absolute atomic E-state index is 0.0716. The third-order valence-corrected chi connectivity index (χ3v) is 3.91. The smallest absolute Gasteiger partial charge is 0.255 e. The van der Waals surface area contributed by atoms with Gasteiger partial charge in [0.25, 0.3) is 5.56 Å². The van der Waals surface area contributed by atoms with E-state index in [1.807, 2.05) is 24.3 Å². The highest BCUT2D eigenvalue weighted by Gasteiger charge is 2.17. The van der Waals surface area contributed by atoms with E-state index in [2.05, 4.69) is 14.9 Å². The van der Waals surface area contributed by atoms with Crippen LogP contribution in [0, 0.1) is 6.92 Å². The largest absolute Gasteiger partial charge is 0.497 e. The molecule has 0 atom stereocenters. The zero-order valence-corrected chi connectivity index (χ0v) is 12.3. The summed E-state index contributed by atoms with van der Waals surface area (Å²) in [6.45, 7) is 3.71. The molecule has 5 nitrogen and oxygen atoms in total. The van der Waals surface area contributed by atoms with Gasteiger partial charge in [0.1, 0.15) is 5.75 Å². The fraction of sp³-hybridized carbons (Fsp3) is 0.375. The van der Waals surface area contributed by atoms with Crippen LogP contribution in [0.25, 0.3) is 11.3 Å². The second kappa shape index (κ2) is 5.60. The molecular weight excluding hydrogens is 266 g/mol. The topological polar surface area (TPSA) is 58.2 Å². The Morgan fingerprint density at radius 1 is 1.19 bits per heavy atom. The summed E-state index contributed by atoms with van der Waals surface area (Å²) in [6, 6.07) is 7.63. The molecule has 0 unspecified atom stereocenters. The maximum absolute atomic E-state index is 12.2. The molecule has 1 aliphatic heterocycles. The van der Waals surface area contributed by atoms with Crippen molar-refractivity contribution in [1.29, 1.82) is 0 Å². The van der Waals surface area contributed by atoms with Crippen LogP contribution in [0.3, 0.4) is 0 Å². The Balaban J connectivity index is 2.05. The predicted octanol–water partition coefficient (Wildman–Crippen LogP) is 2.35. The van der Waals surface area contributed by atoms with Crippen molar-refractivity contribution in [3.63, 3.8) is 0 Å². The minimum Gasteiger partial charge on any atom is -0.497 e. The van der Waals surface area contributed by atoms with E-state index in [9.17, 15) is 4.79 Å². The van der Waals surface area contributed by atoms with Crippen molar-refractivity contribution in [1.82, 2.24) is 9.97 Å². The summed E-state index contributed by atoms with van der Waals surface area (Å²) >= 11 is 0. The van der Waals surface area contributed by atoms with Crippen molar-refractivity contribution in [3.8, 4) is 17.0 Å². The van der Waals surface area contributed by atoms with Crippen molar-refractivity contribution in [2.45, 2.75) is 19.8 Å². The van der Waals surface area contributed by atoms with Crippen LogP contribution in [0.1, 0.15) is 18.4 Å². The molecule has 2 aromatic rings. The Labute approximate surface area is 123 Å². The quantitative estimate of drug-likeness (QED) is 0.940. The number of anilines is 1. The van der Waals surface area contributed by atoms with E-state index in [-0.39, 0.29) is 5.56 Å². The normalized spacial score (nSPS) is 14.5. The molecule has 1 aliphatic rings. The first-order valence-electron chi connectivity index (χ1n) is 7.19. The second-order valence-electron chi connectivity index (χ2n) is 5.29. The fourth-order valence-electron chi connectivity index (χ4n) is 2.63. The van der Waals surface area contributed by atoms with E-state index in [0.29, 0.717) is 11.5 Å². The zero-order valence-electron chi connectivity index (χ0n) is 12.3. The first-order valence-corrected chi connectivity index (χ1v) is 7.19. The number of hydrogen-bond acceptors (Lipinski definition) is 4. The summed E-state index contributed by atoms with van der Waals surface area (Å²) in [5, 5.41) is 0. The molecule has 5 heteroatoms. The van der Waals surface area contributed by atoms with Gasteiger partial charge in [-0.15, -0.1) is 0 Å². The van der Waals surface area contributed by atoms with Gasteiger partial charge < -0.3 is 9.64 Å². The molecule has 1 aromatic carbocycles. The van der Waals surface area contributed by atoms with Crippen LogP contribution in [0.15, 0.2) is 29.1 Å². The van der Waals surface area contributed by atoms with E-state index in [1.165, 1.54) is 0 Å². The molecule has 1 fully saturated rings. The van der Waals surface area contributed by atoms with Crippen LogP contribution < -0.4 is 15.2 Å². The van der Waals surface area contributed by atoms with Crippen molar-refractivity contribution < 1.29 is 4.74 Å². The third-order valence-electron chi connectivity index (χ3n) is 3.91. The predicted molar refractivity (Wildman–Crippen MR) is 83.0 cm³/mol. The maximum Gasteiger partial charge on any atom is 0.255 e. The number of nitrogens with zero attached hydrogens (tertiary/aromatic N) is 2. The summed E-state index contributed by atoms with van der Waals surface area (Å²) in [7, 11) is 1.64. The standard InChI is InChI=1S/C16H19N3O2/c1-11-14(12-5-7-13(21-2)8-6-12)17-16(18-15(11)20)19-9-3-4-10-19/h5-8H,3-4,9-10H2,1-2H3,(H,17,18,20). The number of ether oxygens (including phenoxy) is 1. The summed E-state index contributed by atoms with van der Waals surface area (Å²) in [5.41, 5.74) is 2.24. The average molecular weight is 285 g/mol. The molecule has 0 spiro atoms. The summed E-state index contributed by atoms with van der Waals surface area (Å²) in [4.78, 5) is 21.9. The summed E-state index contributed by atoms with van der Waals surface area (Å²) in [6.07, 6.45) is 2.30. The van der Waals surface area contributed by atoms with Crippen LogP contribution in [-0.2, 0) is 0 Å². The van der Waals surface area contributed by atoms with E-state index < -0.39 is 0 Å². The Kier molecular flexibility index (Phi) is 3.64. The van der Waals surface area contributed by atoms with Gasteiger partial charge >= 0.3 is 0 Å². The molecule has 21 heavy (non-hydrogen) atoms. The van der Waals surface area contributed by atoms with Gasteiger partial charge in [-0.05, 0) is 44.0 Å². The van der Waals surface area contributed by atoms with Crippen molar-refractivity contribution in [2.24, 2.45) is 0 Å². The molecule has 3 rings (SSSR count). The lowest BCUT2D eigenvalue weighted by Crippen LogP contribution is -2.25. The number of rotatable bonds is 3. The fourth-order valence-corrected chi connectivity index (χ4v) is 2.63. The lowest BCUT2D eigenvalue weighted by atomic mass is 10.1. The minimum atomic E-state index is -0.0716. The van der Waals surface area contributed by atoms with E-state index in [4.69, 9.17) is 4.74 Å². The van der Waals surface area contributed by atoms with Crippen LogP contribution in [0.4, 0.5) is 5.95 Å². The highest BCUT2D eigenvalue weighted by Crippen LogP contribution is 2.24. The lowest BCUT2D eigenvalue weighted by molar-refractivity contribution is 0.415. The SMILES string of the molecule is COc1ccc(-c2nc(N3CCCC3)[nH]c(=O)c2C)cc1. The molecule has 1 aromatic heterocycles. The number of benzene rings is 1. The number of aromatic amines is 1. The first-order chi connectivity index (χ1) is 10.2. The van der Waals surface area contributed by atoms with E-state index >= 15 is 0 Å². The Bertz CT molecular complexity index is 686. The molecule has 0 amide bonds. The third kappa shape index (κ3) is 2.63. The molecular formula is C16H19N3O2. The Hall–Kier alpha value is -2.30. The molecule has 2 heterocycles. The number of H-pyrrole nitrogens is 1. The average Bonchev–Trinajstić information content (AvgIpc) is 3.04. The van der Waals surface area contributed by atoms with Gasteiger partial charge in [-0.25, -0.2) is 4.98 Å². The number of hydrogen-bond donors (Lipinski definition) is 1. The van der Waals surface area contributed by atoms with Crippen molar-refractivity contribution in [2.75, 3.05) is 25.1 Å². The number of methoxy groups -OCH3 is 1. The van der Waals surface area contributed by atoms with Crippen molar-refractivity contribution in [3.05, 3.63) is 40.2 Å². The summed E-state index contributed by atoms with van der Waals surface area (Å²) < 4.78 is 5.17. The van der Waals surface area contributed by atoms with Gasteiger partial charge in [0.2, 0.25) is 5.95 Å². The Morgan fingerprint density at radius 3 is 2.48 bits per heavy atom. The van der Waals surface area contributed by atoms with Crippen LogP contribution in [0.5, 0.6) is 5.75 Å². The van der Waals surface area contributed by atoms with E-state index in [1.54, 1.807) is 14.0 Å². The molecule has 0 saturated carbocycles. The van der Waals surface area contributed by atoms with Gasteiger partial charge in [0, 0.05) is 24.2 Å². The van der Waals surface area contributed by atoms with Gasteiger partial charge in [-0.3, -0.25) is 9.78 Å². The van der Waals surface area contributed by atoms with E-state index in [0.717, 1.165) is 42.9 Å². The van der Waals surface area contributed by atoms with Gasteiger partial charge in [0.15, 0.2) is 0 Å². The molecule has 0 aliphatic carbocycles. The van der Waals surface area contributed by atoms with Gasteiger partial charge in [-0.2, -0.15) is 0 Å². The summed E-state index contributed by atoms with van der Waals surface area (Å²) in [5.74, 6) is 1.47. The highest BCUT2D eigenvalue weighted by molar-refractivity contribution is 5.64. The monoisotopic (exact) mass is 285 g/mol. The lowest BCUT2D eigenvalue weighted by Gasteiger charge is -2.17. The van der Waals surface area contributed by atoms with Crippen molar-refractivity contribution >= 4 is 5.95 Å². The van der Waals surface area contributed by atoms with Gasteiger partial charge in [0.05, 0.1) is 12.8 Å². The zero-order chi connectivity index (χ0) is 14.8. The molecule has 110 valence electrons. The molecule has 1 saturated heterocycles. The second-order valence-corrected chi connectivity index (χ2v) is 5.29. The van der Waals surface area contributed by atoms with Gasteiger partial charge in [-0.1, -0.05) is 0 Å². The maximum atomic E-state index is 12.2. The Morgan fingerprint density at radius 2 is 1.86 bits per heavy atom.